The number of aliphatic carboxylic acids is 1. The van der Waals surface area contributed by atoms with Gasteiger partial charge in [0.25, 0.3) is 0 Å². The molecular formula is C10H16O3. The Hall–Kier alpha value is -0.830. The third-order valence-corrected chi connectivity index (χ3v) is 2.67. The lowest BCUT2D eigenvalue weighted by Crippen LogP contribution is -2.28. The van der Waals surface area contributed by atoms with Crippen molar-refractivity contribution in [2.24, 2.45) is 5.41 Å². The number of allylic oxidation sites excluding steroid dienone is 1. The maximum Gasteiger partial charge on any atom is 0.309 e. The van der Waals surface area contributed by atoms with Gasteiger partial charge in [0.05, 0.1) is 11.5 Å². The Morgan fingerprint density at radius 3 is 2.92 bits per heavy atom. The molecule has 2 atom stereocenters. The molecule has 3 nitrogen and oxygen atoms in total. The van der Waals surface area contributed by atoms with Crippen molar-refractivity contribution in [3.63, 3.8) is 0 Å². The molecule has 3 heteroatoms. The normalized spacial score (nSPS) is 35.1. The number of hydrogen-bond donors (Lipinski definition) is 2. The summed E-state index contributed by atoms with van der Waals surface area (Å²) in [4.78, 5) is 10.9. The van der Waals surface area contributed by atoms with E-state index in [1.54, 1.807) is 19.1 Å². The van der Waals surface area contributed by atoms with Crippen LogP contribution in [-0.2, 0) is 4.79 Å². The lowest BCUT2D eigenvalue weighted by Gasteiger charge is -2.25. The van der Waals surface area contributed by atoms with Crippen LogP contribution in [-0.4, -0.2) is 22.3 Å². The second-order valence-electron chi connectivity index (χ2n) is 3.96. The van der Waals surface area contributed by atoms with Gasteiger partial charge in [-0.3, -0.25) is 4.79 Å². The molecule has 0 fully saturated rings. The number of rotatable bonds is 1. The van der Waals surface area contributed by atoms with Gasteiger partial charge in [-0.1, -0.05) is 12.2 Å². The van der Waals surface area contributed by atoms with Crippen LogP contribution in [0.2, 0.25) is 0 Å². The van der Waals surface area contributed by atoms with Crippen molar-refractivity contribution in [1.82, 2.24) is 0 Å². The van der Waals surface area contributed by atoms with Crippen LogP contribution in [0.4, 0.5) is 0 Å². The van der Waals surface area contributed by atoms with E-state index in [1.165, 1.54) is 0 Å². The first-order valence-electron chi connectivity index (χ1n) is 4.63. The Bertz CT molecular complexity index is 222. The monoisotopic (exact) mass is 184 g/mol. The molecule has 2 unspecified atom stereocenters. The third-order valence-electron chi connectivity index (χ3n) is 2.67. The standard InChI is InChI=1S/C10H16O3/c1-10(9(12)13)6-2-4-8(11)5-3-7-10/h2,4,8,11H,3,5-7H2,1H3,(H,12,13). The molecule has 0 heterocycles. The molecule has 0 spiro atoms. The van der Waals surface area contributed by atoms with Crippen LogP contribution in [0.15, 0.2) is 12.2 Å². The Morgan fingerprint density at radius 2 is 2.31 bits per heavy atom. The van der Waals surface area contributed by atoms with Crippen molar-refractivity contribution in [3.05, 3.63) is 12.2 Å². The Morgan fingerprint density at radius 1 is 1.62 bits per heavy atom. The van der Waals surface area contributed by atoms with Crippen molar-refractivity contribution in [2.45, 2.75) is 38.7 Å². The molecule has 0 radical (unpaired) electrons. The zero-order chi connectivity index (χ0) is 9.90. The summed E-state index contributed by atoms with van der Waals surface area (Å²) in [6, 6.07) is 0. The smallest absolute Gasteiger partial charge is 0.309 e. The SMILES string of the molecule is CC1(C(=O)O)CC=CC(O)CCC1. The average molecular weight is 184 g/mol. The largest absolute Gasteiger partial charge is 0.481 e. The molecular weight excluding hydrogens is 168 g/mol. The van der Waals surface area contributed by atoms with E-state index in [0.29, 0.717) is 19.3 Å². The van der Waals surface area contributed by atoms with Gasteiger partial charge >= 0.3 is 5.97 Å². The summed E-state index contributed by atoms with van der Waals surface area (Å²) in [6.07, 6.45) is 5.67. The molecule has 0 amide bonds. The summed E-state index contributed by atoms with van der Waals surface area (Å²) in [5.74, 6) is -0.742. The first kappa shape index (κ1) is 10.3. The van der Waals surface area contributed by atoms with Crippen molar-refractivity contribution in [2.75, 3.05) is 0 Å². The van der Waals surface area contributed by atoms with Crippen molar-refractivity contribution in [1.29, 1.82) is 0 Å². The van der Waals surface area contributed by atoms with Crippen LogP contribution in [0, 0.1) is 5.41 Å². The summed E-state index contributed by atoms with van der Waals surface area (Å²) in [5.41, 5.74) is -0.642. The molecule has 0 saturated carbocycles. The van der Waals surface area contributed by atoms with E-state index in [1.807, 2.05) is 0 Å². The van der Waals surface area contributed by atoms with E-state index in [4.69, 9.17) is 5.11 Å². The maximum atomic E-state index is 10.9. The zero-order valence-corrected chi connectivity index (χ0v) is 7.86. The van der Waals surface area contributed by atoms with Crippen LogP contribution < -0.4 is 0 Å². The Kier molecular flexibility index (Phi) is 3.09. The Labute approximate surface area is 78.1 Å². The second kappa shape index (κ2) is 3.92. The van der Waals surface area contributed by atoms with E-state index in [2.05, 4.69) is 0 Å². The molecule has 1 aliphatic carbocycles. The van der Waals surface area contributed by atoms with Gasteiger partial charge in [0, 0.05) is 0 Å². The molecule has 0 aromatic carbocycles. The minimum Gasteiger partial charge on any atom is -0.481 e. The predicted octanol–water partition coefficient (Wildman–Crippen LogP) is 1.57. The van der Waals surface area contributed by atoms with Gasteiger partial charge < -0.3 is 10.2 Å². The van der Waals surface area contributed by atoms with Gasteiger partial charge in [-0.15, -0.1) is 0 Å². The maximum absolute atomic E-state index is 10.9. The highest BCUT2D eigenvalue weighted by molar-refractivity contribution is 5.74. The first-order valence-corrected chi connectivity index (χ1v) is 4.63. The van der Waals surface area contributed by atoms with E-state index in [9.17, 15) is 9.90 Å². The van der Waals surface area contributed by atoms with Crippen molar-refractivity contribution < 1.29 is 15.0 Å². The van der Waals surface area contributed by atoms with Gasteiger partial charge in [0.1, 0.15) is 0 Å². The summed E-state index contributed by atoms with van der Waals surface area (Å²) in [5, 5.41) is 18.3. The number of carbonyl (C=O) groups is 1. The van der Waals surface area contributed by atoms with Crippen LogP contribution >= 0.6 is 0 Å². The van der Waals surface area contributed by atoms with Gasteiger partial charge in [-0.05, 0) is 32.6 Å². The highest BCUT2D eigenvalue weighted by Gasteiger charge is 2.32. The molecule has 2 N–H and O–H groups in total. The molecule has 0 aliphatic heterocycles. The number of carboxylic acid groups (broad SMARTS) is 1. The topological polar surface area (TPSA) is 57.5 Å². The first-order chi connectivity index (χ1) is 6.04. The molecule has 0 saturated heterocycles. The highest BCUT2D eigenvalue weighted by Crippen LogP contribution is 2.31. The number of carboxylic acids is 1. The average Bonchev–Trinajstić information content (AvgIpc) is 2.01. The van der Waals surface area contributed by atoms with E-state index >= 15 is 0 Å². The minimum absolute atomic E-state index is 0.390. The van der Waals surface area contributed by atoms with Crippen molar-refractivity contribution in [3.8, 4) is 0 Å². The number of aliphatic hydroxyl groups is 1. The lowest BCUT2D eigenvalue weighted by molar-refractivity contribution is -0.148. The number of aliphatic hydroxyl groups excluding tert-OH is 1. The summed E-state index contributed by atoms with van der Waals surface area (Å²) in [6.45, 7) is 1.76. The summed E-state index contributed by atoms with van der Waals surface area (Å²) in [7, 11) is 0. The fourth-order valence-corrected chi connectivity index (χ4v) is 1.58. The molecule has 1 rings (SSSR count). The van der Waals surface area contributed by atoms with Crippen LogP contribution in [0.5, 0.6) is 0 Å². The van der Waals surface area contributed by atoms with Gasteiger partial charge in [-0.25, -0.2) is 0 Å². The number of hydrogen-bond acceptors (Lipinski definition) is 2. The van der Waals surface area contributed by atoms with Crippen LogP contribution in [0.1, 0.15) is 32.6 Å². The molecule has 13 heavy (non-hydrogen) atoms. The minimum atomic E-state index is -0.742. The quantitative estimate of drug-likeness (QED) is 0.608. The predicted molar refractivity (Wildman–Crippen MR) is 49.4 cm³/mol. The molecule has 74 valence electrons. The van der Waals surface area contributed by atoms with E-state index in [-0.39, 0.29) is 0 Å². The second-order valence-corrected chi connectivity index (χ2v) is 3.96. The van der Waals surface area contributed by atoms with E-state index < -0.39 is 17.5 Å². The van der Waals surface area contributed by atoms with E-state index in [0.717, 1.165) is 6.42 Å². The zero-order valence-electron chi connectivity index (χ0n) is 7.86. The van der Waals surface area contributed by atoms with Crippen LogP contribution in [0.25, 0.3) is 0 Å². The molecule has 0 aromatic rings. The summed E-state index contributed by atoms with van der Waals surface area (Å²) >= 11 is 0. The highest BCUT2D eigenvalue weighted by atomic mass is 16.4. The summed E-state index contributed by atoms with van der Waals surface area (Å²) < 4.78 is 0. The van der Waals surface area contributed by atoms with Crippen LogP contribution in [0.3, 0.4) is 0 Å². The molecule has 0 aromatic heterocycles. The fourth-order valence-electron chi connectivity index (χ4n) is 1.58. The van der Waals surface area contributed by atoms with Crippen molar-refractivity contribution >= 4 is 5.97 Å². The van der Waals surface area contributed by atoms with Gasteiger partial charge in [0.2, 0.25) is 0 Å². The third kappa shape index (κ3) is 2.56. The fraction of sp³-hybridized carbons (Fsp3) is 0.700. The van der Waals surface area contributed by atoms with Gasteiger partial charge in [0.15, 0.2) is 0 Å². The molecule has 0 bridgehead atoms. The Balaban J connectivity index is 2.69. The van der Waals surface area contributed by atoms with Gasteiger partial charge in [-0.2, -0.15) is 0 Å². The lowest BCUT2D eigenvalue weighted by atomic mass is 9.80. The molecule has 1 aliphatic rings.